The molecule has 0 saturated carbocycles. The Kier molecular flexibility index (Phi) is 4.22. The van der Waals surface area contributed by atoms with Crippen LogP contribution in [0.5, 0.6) is 0 Å². The minimum atomic E-state index is -0.600. The molecule has 3 rings (SSSR count). The number of ether oxygens (including phenoxy) is 1. The van der Waals surface area contributed by atoms with Gasteiger partial charge in [-0.3, -0.25) is 4.79 Å². The molecule has 0 spiro atoms. The van der Waals surface area contributed by atoms with Crippen molar-refractivity contribution in [2.24, 2.45) is 0 Å². The fourth-order valence-corrected chi connectivity index (χ4v) is 2.91. The lowest BCUT2D eigenvalue weighted by Crippen LogP contribution is -2.44. The van der Waals surface area contributed by atoms with Crippen LogP contribution in [0.4, 0.5) is 4.79 Å². The molecule has 3 N–H and O–H groups in total. The third-order valence-corrected chi connectivity index (χ3v) is 4.06. The Hall–Kier alpha value is -2.87. The number of methoxy groups -OCH3 is 1. The second kappa shape index (κ2) is 6.32. The number of aliphatic hydroxyl groups is 1. The first kappa shape index (κ1) is 16.0. The van der Waals surface area contributed by atoms with E-state index in [1.165, 1.54) is 12.0 Å². The van der Waals surface area contributed by atoms with Crippen LogP contribution in [0.2, 0.25) is 0 Å². The third kappa shape index (κ3) is 2.71. The van der Waals surface area contributed by atoms with Crippen LogP contribution in [-0.4, -0.2) is 54.7 Å². The molecule has 3 amide bonds. The van der Waals surface area contributed by atoms with Crippen molar-refractivity contribution in [2.45, 2.75) is 6.04 Å². The summed E-state index contributed by atoms with van der Waals surface area (Å²) in [5.41, 5.74) is 2.06. The average molecular weight is 331 g/mol. The molecule has 1 atom stereocenters. The van der Waals surface area contributed by atoms with Gasteiger partial charge < -0.3 is 25.4 Å². The van der Waals surface area contributed by atoms with Gasteiger partial charge in [-0.15, -0.1) is 0 Å². The lowest BCUT2D eigenvalue weighted by molar-refractivity contribution is -0.126. The molecule has 0 aliphatic carbocycles. The Bertz CT molecular complexity index is 726. The smallest absolute Gasteiger partial charge is 0.337 e. The summed E-state index contributed by atoms with van der Waals surface area (Å²) in [5.74, 6) is -0.685. The normalized spacial score (nSPS) is 19.8. The molecule has 0 fully saturated rings. The highest BCUT2D eigenvalue weighted by Crippen LogP contribution is 2.32. The molecular weight excluding hydrogens is 314 g/mol. The summed E-state index contributed by atoms with van der Waals surface area (Å²) in [6, 6.07) is 5.52. The summed E-state index contributed by atoms with van der Waals surface area (Å²) in [4.78, 5) is 37.4. The summed E-state index contributed by atoms with van der Waals surface area (Å²) < 4.78 is 4.65. The first-order valence-electron chi connectivity index (χ1n) is 7.44. The largest absolute Gasteiger partial charge is 0.465 e. The van der Waals surface area contributed by atoms with E-state index >= 15 is 0 Å². The highest BCUT2D eigenvalue weighted by Gasteiger charge is 2.40. The lowest BCUT2D eigenvalue weighted by Gasteiger charge is -2.25. The number of hydrogen-bond acceptors (Lipinski definition) is 5. The van der Waals surface area contributed by atoms with E-state index in [2.05, 4.69) is 15.4 Å². The van der Waals surface area contributed by atoms with E-state index in [0.717, 1.165) is 0 Å². The van der Waals surface area contributed by atoms with Crippen molar-refractivity contribution in [1.29, 1.82) is 0 Å². The number of nitrogens with one attached hydrogen (secondary N) is 2. The van der Waals surface area contributed by atoms with Gasteiger partial charge in [0.1, 0.15) is 0 Å². The predicted octanol–water partition coefficient (Wildman–Crippen LogP) is -0.0843. The third-order valence-electron chi connectivity index (χ3n) is 4.06. The zero-order valence-corrected chi connectivity index (χ0v) is 13.0. The van der Waals surface area contributed by atoms with Crippen molar-refractivity contribution in [3.63, 3.8) is 0 Å². The number of rotatable bonds is 4. The minimum Gasteiger partial charge on any atom is -0.465 e. The van der Waals surface area contributed by atoms with E-state index in [9.17, 15) is 14.4 Å². The van der Waals surface area contributed by atoms with Crippen LogP contribution in [0.25, 0.3) is 0 Å². The molecule has 0 radical (unpaired) electrons. The molecule has 0 unspecified atom stereocenters. The second-order valence-corrected chi connectivity index (χ2v) is 5.49. The summed E-state index contributed by atoms with van der Waals surface area (Å²) in [6.07, 6.45) is 0. The van der Waals surface area contributed by atoms with Gasteiger partial charge in [-0.1, -0.05) is 12.1 Å². The van der Waals surface area contributed by atoms with E-state index < -0.39 is 18.0 Å². The highest BCUT2D eigenvalue weighted by atomic mass is 16.5. The fraction of sp³-hybridized carbons (Fsp3) is 0.312. The highest BCUT2D eigenvalue weighted by molar-refractivity contribution is 6.01. The first-order chi connectivity index (χ1) is 11.5. The van der Waals surface area contributed by atoms with E-state index in [-0.39, 0.29) is 25.6 Å². The summed E-state index contributed by atoms with van der Waals surface area (Å²) in [7, 11) is 1.30. The van der Waals surface area contributed by atoms with Crippen molar-refractivity contribution >= 4 is 17.9 Å². The van der Waals surface area contributed by atoms with Gasteiger partial charge in [0.05, 0.1) is 43.1 Å². The average Bonchev–Trinajstić information content (AvgIpc) is 2.89. The molecule has 2 aliphatic rings. The van der Waals surface area contributed by atoms with Gasteiger partial charge in [0.2, 0.25) is 0 Å². The Balaban J connectivity index is 1.92. The standard InChI is InChI=1S/C16H17N3O5/c1-24-15(22)10-4-2-9(3-5-10)13-12-11(17-16(23)18-13)8-19(6-7-20)14(12)21/h2-5,13,20H,6-8H2,1H3,(H2,17,18,23)/t13-/m1/s1. The molecule has 8 heteroatoms. The Morgan fingerprint density at radius 1 is 1.33 bits per heavy atom. The predicted molar refractivity (Wildman–Crippen MR) is 82.9 cm³/mol. The number of hydrogen-bond donors (Lipinski definition) is 3. The van der Waals surface area contributed by atoms with E-state index in [0.29, 0.717) is 22.4 Å². The Morgan fingerprint density at radius 2 is 2.04 bits per heavy atom. The van der Waals surface area contributed by atoms with Crippen LogP contribution in [0, 0.1) is 0 Å². The monoisotopic (exact) mass is 331 g/mol. The van der Waals surface area contributed by atoms with Crippen LogP contribution in [0.1, 0.15) is 22.0 Å². The number of nitrogens with zero attached hydrogens (tertiary/aromatic N) is 1. The van der Waals surface area contributed by atoms with Gasteiger partial charge in [-0.2, -0.15) is 0 Å². The number of carbonyl (C=O) groups is 3. The molecule has 8 nitrogen and oxygen atoms in total. The van der Waals surface area contributed by atoms with Crippen LogP contribution >= 0.6 is 0 Å². The van der Waals surface area contributed by atoms with E-state index in [4.69, 9.17) is 5.11 Å². The maximum absolute atomic E-state index is 12.5. The zero-order valence-electron chi connectivity index (χ0n) is 13.0. The lowest BCUT2D eigenvalue weighted by atomic mass is 9.95. The topological polar surface area (TPSA) is 108 Å². The first-order valence-corrected chi connectivity index (χ1v) is 7.44. The number of carbonyl (C=O) groups excluding carboxylic acids is 3. The van der Waals surface area contributed by atoms with Crippen molar-refractivity contribution in [3.05, 3.63) is 46.7 Å². The number of benzene rings is 1. The van der Waals surface area contributed by atoms with Gasteiger partial charge in [0.25, 0.3) is 5.91 Å². The van der Waals surface area contributed by atoms with Crippen molar-refractivity contribution in [1.82, 2.24) is 15.5 Å². The Labute approximate surface area is 138 Å². The fourth-order valence-electron chi connectivity index (χ4n) is 2.91. The molecule has 0 saturated heterocycles. The zero-order chi connectivity index (χ0) is 17.3. The van der Waals surface area contributed by atoms with Gasteiger partial charge in [-0.05, 0) is 17.7 Å². The van der Waals surface area contributed by atoms with Crippen LogP contribution in [0.3, 0.4) is 0 Å². The molecule has 2 heterocycles. The van der Waals surface area contributed by atoms with Crippen LogP contribution < -0.4 is 10.6 Å². The van der Waals surface area contributed by atoms with E-state index in [1.807, 2.05) is 0 Å². The van der Waals surface area contributed by atoms with Crippen LogP contribution in [0.15, 0.2) is 35.5 Å². The van der Waals surface area contributed by atoms with Gasteiger partial charge >= 0.3 is 12.0 Å². The quantitative estimate of drug-likeness (QED) is 0.669. The molecule has 1 aromatic carbocycles. The maximum Gasteiger partial charge on any atom is 0.337 e. The maximum atomic E-state index is 12.5. The summed E-state index contributed by atoms with van der Waals surface area (Å²) in [5, 5.41) is 14.4. The summed E-state index contributed by atoms with van der Waals surface area (Å²) >= 11 is 0. The van der Waals surface area contributed by atoms with Crippen molar-refractivity contribution < 1.29 is 24.2 Å². The van der Waals surface area contributed by atoms with Crippen molar-refractivity contribution in [2.75, 3.05) is 26.8 Å². The SMILES string of the molecule is COC(=O)c1ccc([C@H]2NC(=O)NC3=C2C(=O)N(CCO)C3)cc1. The van der Waals surface area contributed by atoms with Crippen molar-refractivity contribution in [3.8, 4) is 0 Å². The van der Waals surface area contributed by atoms with Gasteiger partial charge in [-0.25, -0.2) is 9.59 Å². The number of amides is 3. The number of urea groups is 1. The number of esters is 1. The molecule has 1 aromatic rings. The second-order valence-electron chi connectivity index (χ2n) is 5.49. The van der Waals surface area contributed by atoms with E-state index in [1.54, 1.807) is 24.3 Å². The van der Waals surface area contributed by atoms with Gasteiger partial charge in [0.15, 0.2) is 0 Å². The van der Waals surface area contributed by atoms with Gasteiger partial charge in [0, 0.05) is 6.54 Å². The number of β-amino-alcohol motifs (C(OH)–C–C–N with tert-alkyl or cyclic N) is 1. The minimum absolute atomic E-state index is 0.147. The molecule has 2 aliphatic heterocycles. The molecular formula is C16H17N3O5. The Morgan fingerprint density at radius 3 is 2.67 bits per heavy atom. The molecule has 0 aromatic heterocycles. The molecule has 126 valence electrons. The number of aliphatic hydroxyl groups excluding tert-OH is 1. The molecule has 0 bridgehead atoms. The summed E-state index contributed by atoms with van der Waals surface area (Å²) in [6.45, 7) is 0.320. The van der Waals surface area contributed by atoms with Crippen LogP contribution in [-0.2, 0) is 9.53 Å². The molecule has 24 heavy (non-hydrogen) atoms.